The van der Waals surface area contributed by atoms with E-state index >= 15 is 0 Å². The van der Waals surface area contributed by atoms with Gasteiger partial charge >= 0.3 is 0 Å². The Hall–Kier alpha value is -2.43. The van der Waals surface area contributed by atoms with Crippen LogP contribution in [0.5, 0.6) is 0 Å². The molecule has 1 aliphatic carbocycles. The first-order valence-electron chi connectivity index (χ1n) is 8.09. The number of nitrogens with one attached hydrogen (secondary N) is 1. The molecule has 1 amide bonds. The lowest BCUT2D eigenvalue weighted by Crippen LogP contribution is -2.32. The predicted octanol–water partition coefficient (Wildman–Crippen LogP) is 2.63. The SMILES string of the molecule is CCN(Cc1nc2ccccc2c(=O)[nH]1)C(=O)C[C@@H]1C=CCC1. The van der Waals surface area contributed by atoms with Crippen molar-refractivity contribution in [2.75, 3.05) is 6.54 Å². The third kappa shape index (κ3) is 3.50. The first-order valence-corrected chi connectivity index (χ1v) is 8.09. The standard InChI is InChI=1S/C18H21N3O2/c1-2-21(17(22)11-13-7-3-4-8-13)12-16-19-15-10-6-5-9-14(15)18(23)20-16/h3,5-7,9-10,13H,2,4,8,11-12H2,1H3,(H,19,20,23)/t13-/m1/s1. The number of hydrogen-bond donors (Lipinski definition) is 1. The number of para-hydroxylation sites is 1. The van der Waals surface area contributed by atoms with E-state index in [0.29, 0.717) is 42.2 Å². The zero-order chi connectivity index (χ0) is 16.2. The maximum Gasteiger partial charge on any atom is 0.258 e. The van der Waals surface area contributed by atoms with E-state index in [4.69, 9.17) is 0 Å². The lowest BCUT2D eigenvalue weighted by atomic mass is 10.0. The molecule has 1 aromatic carbocycles. The normalized spacial score (nSPS) is 16.8. The van der Waals surface area contributed by atoms with Gasteiger partial charge in [0, 0.05) is 13.0 Å². The Morgan fingerprint density at radius 2 is 2.22 bits per heavy atom. The minimum absolute atomic E-state index is 0.111. The number of allylic oxidation sites excluding steroid dienone is 2. The van der Waals surface area contributed by atoms with Crippen molar-refractivity contribution < 1.29 is 4.79 Å². The van der Waals surface area contributed by atoms with Gasteiger partial charge in [-0.05, 0) is 37.8 Å². The van der Waals surface area contributed by atoms with Crippen molar-refractivity contribution in [1.29, 1.82) is 0 Å². The Labute approximate surface area is 135 Å². The van der Waals surface area contributed by atoms with Crippen LogP contribution in [0.15, 0.2) is 41.2 Å². The van der Waals surface area contributed by atoms with Crippen LogP contribution in [0.2, 0.25) is 0 Å². The molecule has 1 N–H and O–H groups in total. The molecule has 5 nitrogen and oxygen atoms in total. The van der Waals surface area contributed by atoms with Crippen molar-refractivity contribution in [3.63, 3.8) is 0 Å². The number of aromatic amines is 1. The summed E-state index contributed by atoms with van der Waals surface area (Å²) in [5, 5.41) is 0.571. The third-order valence-electron chi connectivity index (χ3n) is 4.29. The average molecular weight is 311 g/mol. The van der Waals surface area contributed by atoms with Crippen LogP contribution < -0.4 is 5.56 Å². The van der Waals surface area contributed by atoms with Crippen molar-refractivity contribution >= 4 is 16.8 Å². The highest BCUT2D eigenvalue weighted by atomic mass is 16.2. The maximum absolute atomic E-state index is 12.5. The number of carbonyl (C=O) groups is 1. The van der Waals surface area contributed by atoms with Gasteiger partial charge in [-0.1, -0.05) is 24.3 Å². The van der Waals surface area contributed by atoms with Crippen LogP contribution >= 0.6 is 0 Å². The van der Waals surface area contributed by atoms with E-state index in [1.54, 1.807) is 11.0 Å². The fraction of sp³-hybridized carbons (Fsp3) is 0.389. The number of nitrogens with zero attached hydrogens (tertiary/aromatic N) is 2. The number of aromatic nitrogens is 2. The Balaban J connectivity index is 1.77. The number of carbonyl (C=O) groups excluding carboxylic acids is 1. The Morgan fingerprint density at radius 1 is 1.39 bits per heavy atom. The molecule has 0 radical (unpaired) electrons. The number of rotatable bonds is 5. The van der Waals surface area contributed by atoms with Crippen molar-refractivity contribution in [2.24, 2.45) is 5.92 Å². The number of hydrogen-bond acceptors (Lipinski definition) is 3. The second kappa shape index (κ2) is 6.77. The second-order valence-corrected chi connectivity index (χ2v) is 5.91. The summed E-state index contributed by atoms with van der Waals surface area (Å²) in [6.45, 7) is 2.89. The molecule has 23 heavy (non-hydrogen) atoms. The summed E-state index contributed by atoms with van der Waals surface area (Å²) in [6.07, 6.45) is 6.90. The van der Waals surface area contributed by atoms with Crippen LogP contribution in [0, 0.1) is 5.92 Å². The molecular weight excluding hydrogens is 290 g/mol. The molecule has 0 unspecified atom stereocenters. The van der Waals surface area contributed by atoms with E-state index in [1.165, 1.54) is 0 Å². The molecule has 5 heteroatoms. The van der Waals surface area contributed by atoms with E-state index < -0.39 is 0 Å². The third-order valence-corrected chi connectivity index (χ3v) is 4.29. The molecule has 120 valence electrons. The van der Waals surface area contributed by atoms with Gasteiger partial charge in [0.15, 0.2) is 0 Å². The molecule has 1 aromatic heterocycles. The average Bonchev–Trinajstić information content (AvgIpc) is 3.05. The molecule has 0 aliphatic heterocycles. The summed E-state index contributed by atoms with van der Waals surface area (Å²) < 4.78 is 0. The van der Waals surface area contributed by atoms with Crippen molar-refractivity contribution in [1.82, 2.24) is 14.9 Å². The van der Waals surface area contributed by atoms with Crippen molar-refractivity contribution in [3.05, 3.63) is 52.6 Å². The molecule has 1 aliphatic rings. The summed E-state index contributed by atoms with van der Waals surface area (Å²) in [5.74, 6) is 0.992. The Kier molecular flexibility index (Phi) is 4.55. The highest BCUT2D eigenvalue weighted by Gasteiger charge is 2.19. The van der Waals surface area contributed by atoms with Gasteiger partial charge in [0.2, 0.25) is 5.91 Å². The molecule has 2 aromatic rings. The topological polar surface area (TPSA) is 66.1 Å². The Bertz CT molecular complexity index is 794. The van der Waals surface area contributed by atoms with Crippen LogP contribution in [0.4, 0.5) is 0 Å². The Morgan fingerprint density at radius 3 is 2.96 bits per heavy atom. The molecule has 0 spiro atoms. The van der Waals surface area contributed by atoms with Crippen LogP contribution in [0.25, 0.3) is 10.9 Å². The molecule has 1 heterocycles. The van der Waals surface area contributed by atoms with Crippen LogP contribution in [-0.4, -0.2) is 27.3 Å². The quantitative estimate of drug-likeness (QED) is 0.863. The van der Waals surface area contributed by atoms with Gasteiger partial charge < -0.3 is 9.88 Å². The van der Waals surface area contributed by atoms with Gasteiger partial charge in [-0.15, -0.1) is 0 Å². The highest BCUT2D eigenvalue weighted by molar-refractivity contribution is 5.78. The van der Waals surface area contributed by atoms with Crippen LogP contribution in [0.3, 0.4) is 0 Å². The summed E-state index contributed by atoms with van der Waals surface area (Å²) in [6, 6.07) is 7.24. The van der Waals surface area contributed by atoms with E-state index in [0.717, 1.165) is 12.8 Å². The lowest BCUT2D eigenvalue weighted by molar-refractivity contribution is -0.132. The number of fused-ring (bicyclic) bond motifs is 1. The second-order valence-electron chi connectivity index (χ2n) is 5.91. The number of H-pyrrole nitrogens is 1. The first kappa shape index (κ1) is 15.5. The molecule has 0 bridgehead atoms. The zero-order valence-corrected chi connectivity index (χ0v) is 13.3. The van der Waals surface area contributed by atoms with Gasteiger partial charge in [-0.2, -0.15) is 0 Å². The van der Waals surface area contributed by atoms with Crippen molar-refractivity contribution in [3.8, 4) is 0 Å². The van der Waals surface area contributed by atoms with E-state index in [2.05, 4.69) is 22.1 Å². The number of benzene rings is 1. The lowest BCUT2D eigenvalue weighted by Gasteiger charge is -2.21. The van der Waals surface area contributed by atoms with Gasteiger partial charge in [0.05, 0.1) is 17.4 Å². The highest BCUT2D eigenvalue weighted by Crippen LogP contribution is 2.21. The molecule has 0 fully saturated rings. The molecular formula is C18H21N3O2. The minimum atomic E-state index is -0.159. The largest absolute Gasteiger partial charge is 0.335 e. The molecule has 0 saturated heterocycles. The van der Waals surface area contributed by atoms with Crippen LogP contribution in [0.1, 0.15) is 32.0 Å². The zero-order valence-electron chi connectivity index (χ0n) is 13.3. The summed E-state index contributed by atoms with van der Waals surface area (Å²) >= 11 is 0. The van der Waals surface area contributed by atoms with Crippen LogP contribution in [-0.2, 0) is 11.3 Å². The molecule has 3 rings (SSSR count). The van der Waals surface area contributed by atoms with E-state index in [9.17, 15) is 9.59 Å². The van der Waals surface area contributed by atoms with Gasteiger partial charge in [-0.25, -0.2) is 4.98 Å². The summed E-state index contributed by atoms with van der Waals surface area (Å²) in [7, 11) is 0. The van der Waals surface area contributed by atoms with Gasteiger partial charge in [0.1, 0.15) is 5.82 Å². The van der Waals surface area contributed by atoms with E-state index in [-0.39, 0.29) is 11.5 Å². The summed E-state index contributed by atoms with van der Waals surface area (Å²) in [4.78, 5) is 33.6. The van der Waals surface area contributed by atoms with Gasteiger partial charge in [0.25, 0.3) is 5.56 Å². The molecule has 0 saturated carbocycles. The summed E-state index contributed by atoms with van der Waals surface area (Å²) in [5.41, 5.74) is 0.501. The van der Waals surface area contributed by atoms with E-state index in [1.807, 2.05) is 25.1 Å². The minimum Gasteiger partial charge on any atom is -0.335 e. The van der Waals surface area contributed by atoms with Crippen molar-refractivity contribution in [2.45, 2.75) is 32.7 Å². The fourth-order valence-electron chi connectivity index (χ4n) is 2.99. The molecule has 1 atom stereocenters. The fourth-order valence-corrected chi connectivity index (χ4v) is 2.99. The maximum atomic E-state index is 12.5. The number of amides is 1. The monoisotopic (exact) mass is 311 g/mol. The predicted molar refractivity (Wildman–Crippen MR) is 89.9 cm³/mol. The smallest absolute Gasteiger partial charge is 0.258 e. The van der Waals surface area contributed by atoms with Gasteiger partial charge in [-0.3, -0.25) is 9.59 Å². The first-order chi connectivity index (χ1) is 11.2.